The normalized spacial score (nSPS) is 24.5. The lowest BCUT2D eigenvalue weighted by molar-refractivity contribution is -0.134. The van der Waals surface area contributed by atoms with E-state index in [1.165, 1.54) is 11.1 Å². The van der Waals surface area contributed by atoms with Gasteiger partial charge in [-0.2, -0.15) is 0 Å². The third kappa shape index (κ3) is 6.16. The zero-order valence-corrected chi connectivity index (χ0v) is 21.4. The van der Waals surface area contributed by atoms with E-state index >= 15 is 0 Å². The molecule has 2 aliphatic rings. The van der Waals surface area contributed by atoms with Crippen LogP contribution in [0, 0.1) is 5.92 Å². The molecular formula is C31H42N2O2. The van der Waals surface area contributed by atoms with E-state index in [-0.39, 0.29) is 17.4 Å². The summed E-state index contributed by atoms with van der Waals surface area (Å²) in [6, 6.07) is 18.7. The molecule has 1 N–H and O–H groups in total. The minimum absolute atomic E-state index is 0.0174. The molecule has 1 aliphatic carbocycles. The molecule has 2 fully saturated rings. The minimum Gasteiger partial charge on any atom is -0.508 e. The Morgan fingerprint density at radius 2 is 1.97 bits per heavy atom. The molecule has 2 aromatic carbocycles. The van der Waals surface area contributed by atoms with Crippen LogP contribution in [0.4, 0.5) is 0 Å². The number of amides is 1. The standard InChI is InChI=1S/C31H42N2O2/c1-3-20-33-21-19-31(26-14-10-15-29(34)22-26)23-28(18-17-27(31)24-33)32(2)30(35)16-9-5-8-13-25-11-6-4-7-12-25/h3-4,6-7,10-12,14-15,22,27-28,34H,1,5,8-9,13,16-21,23-24H2,2H3/t27-,28-,31+/m1/s1. The largest absolute Gasteiger partial charge is 0.508 e. The summed E-state index contributed by atoms with van der Waals surface area (Å²) >= 11 is 0. The number of phenolic OH excluding ortho intramolecular Hbond substituents is 1. The number of piperidine rings is 1. The van der Waals surface area contributed by atoms with Crippen molar-refractivity contribution in [3.63, 3.8) is 0 Å². The average molecular weight is 475 g/mol. The van der Waals surface area contributed by atoms with Crippen molar-refractivity contribution in [2.75, 3.05) is 26.7 Å². The Labute approximate surface area is 211 Å². The molecule has 1 saturated heterocycles. The van der Waals surface area contributed by atoms with Crippen molar-refractivity contribution in [2.45, 2.75) is 69.2 Å². The van der Waals surface area contributed by atoms with Crippen LogP contribution in [-0.2, 0) is 16.6 Å². The van der Waals surface area contributed by atoms with Gasteiger partial charge in [0, 0.05) is 38.0 Å². The Hall–Kier alpha value is -2.59. The molecule has 1 saturated carbocycles. The first-order chi connectivity index (χ1) is 17.0. The Bertz CT molecular complexity index is 975. The van der Waals surface area contributed by atoms with Gasteiger partial charge in [0.05, 0.1) is 0 Å². The van der Waals surface area contributed by atoms with E-state index in [1.54, 1.807) is 6.07 Å². The molecule has 0 unspecified atom stereocenters. The number of phenols is 1. The topological polar surface area (TPSA) is 43.8 Å². The average Bonchev–Trinajstić information content (AvgIpc) is 2.88. The predicted molar refractivity (Wildman–Crippen MR) is 144 cm³/mol. The molecule has 1 amide bonds. The molecule has 0 radical (unpaired) electrons. The highest BCUT2D eigenvalue weighted by molar-refractivity contribution is 5.76. The van der Waals surface area contributed by atoms with Gasteiger partial charge in [0.25, 0.3) is 0 Å². The maximum atomic E-state index is 13.1. The van der Waals surface area contributed by atoms with E-state index in [1.807, 2.05) is 30.2 Å². The molecule has 4 heteroatoms. The van der Waals surface area contributed by atoms with E-state index in [0.29, 0.717) is 18.1 Å². The summed E-state index contributed by atoms with van der Waals surface area (Å²) in [5.74, 6) is 1.16. The van der Waals surface area contributed by atoms with Crippen molar-refractivity contribution >= 4 is 5.91 Å². The Morgan fingerprint density at radius 3 is 2.74 bits per heavy atom. The summed E-state index contributed by atoms with van der Waals surface area (Å²) in [5, 5.41) is 10.3. The van der Waals surface area contributed by atoms with Crippen LogP contribution in [0.2, 0.25) is 0 Å². The van der Waals surface area contributed by atoms with Gasteiger partial charge in [0.1, 0.15) is 5.75 Å². The second-order valence-electron chi connectivity index (χ2n) is 10.7. The number of carbonyl (C=O) groups is 1. The quantitative estimate of drug-likeness (QED) is 0.342. The number of likely N-dealkylation sites (tertiary alicyclic amines) is 1. The first-order valence-electron chi connectivity index (χ1n) is 13.4. The van der Waals surface area contributed by atoms with Crippen molar-refractivity contribution in [3.05, 3.63) is 78.4 Å². The molecule has 3 atom stereocenters. The number of hydrogen-bond donors (Lipinski definition) is 1. The van der Waals surface area contributed by atoms with Gasteiger partial charge in [-0.3, -0.25) is 9.69 Å². The molecule has 4 nitrogen and oxygen atoms in total. The Morgan fingerprint density at radius 1 is 1.14 bits per heavy atom. The van der Waals surface area contributed by atoms with Crippen LogP contribution in [0.3, 0.4) is 0 Å². The van der Waals surface area contributed by atoms with Crippen LogP contribution in [0.15, 0.2) is 67.3 Å². The number of unbranched alkanes of at least 4 members (excludes halogenated alkanes) is 2. The van der Waals surface area contributed by atoms with E-state index in [9.17, 15) is 9.90 Å². The van der Waals surface area contributed by atoms with Crippen molar-refractivity contribution in [1.29, 1.82) is 0 Å². The number of benzene rings is 2. The molecule has 2 aromatic rings. The number of fused-ring (bicyclic) bond motifs is 1. The minimum atomic E-state index is 0.0174. The summed E-state index contributed by atoms with van der Waals surface area (Å²) in [7, 11) is 2.01. The summed E-state index contributed by atoms with van der Waals surface area (Å²) in [5.41, 5.74) is 2.64. The maximum absolute atomic E-state index is 13.1. The summed E-state index contributed by atoms with van der Waals surface area (Å²) in [4.78, 5) is 17.7. The van der Waals surface area contributed by atoms with E-state index < -0.39 is 0 Å². The van der Waals surface area contributed by atoms with Crippen molar-refractivity contribution in [3.8, 4) is 5.75 Å². The molecule has 1 heterocycles. The zero-order chi connectivity index (χ0) is 24.7. The third-order valence-corrected chi connectivity index (χ3v) is 8.53. The molecule has 35 heavy (non-hydrogen) atoms. The molecule has 188 valence electrons. The van der Waals surface area contributed by atoms with Crippen molar-refractivity contribution in [2.24, 2.45) is 5.92 Å². The van der Waals surface area contributed by atoms with Gasteiger partial charge in [-0.25, -0.2) is 0 Å². The van der Waals surface area contributed by atoms with Crippen LogP contribution in [0.5, 0.6) is 5.75 Å². The van der Waals surface area contributed by atoms with Crippen LogP contribution in [0.1, 0.15) is 62.5 Å². The second-order valence-corrected chi connectivity index (χ2v) is 10.7. The second kappa shape index (κ2) is 11.9. The van der Waals surface area contributed by atoms with Crippen molar-refractivity contribution in [1.82, 2.24) is 9.80 Å². The first-order valence-corrected chi connectivity index (χ1v) is 13.4. The maximum Gasteiger partial charge on any atom is 0.222 e. The third-order valence-electron chi connectivity index (χ3n) is 8.53. The van der Waals surface area contributed by atoms with Crippen LogP contribution in [0.25, 0.3) is 0 Å². The highest BCUT2D eigenvalue weighted by Gasteiger charge is 2.49. The van der Waals surface area contributed by atoms with Crippen LogP contribution < -0.4 is 0 Å². The molecule has 1 aliphatic heterocycles. The van der Waals surface area contributed by atoms with Crippen LogP contribution in [-0.4, -0.2) is 53.5 Å². The van der Waals surface area contributed by atoms with Gasteiger partial charge >= 0.3 is 0 Å². The lowest BCUT2D eigenvalue weighted by Gasteiger charge is -2.54. The number of aryl methyl sites for hydroxylation is 1. The molecular weight excluding hydrogens is 432 g/mol. The molecule has 0 spiro atoms. The zero-order valence-electron chi connectivity index (χ0n) is 21.4. The van der Waals surface area contributed by atoms with Gasteiger partial charge in [0.15, 0.2) is 0 Å². The molecule has 4 rings (SSSR count). The Kier molecular flexibility index (Phi) is 8.67. The number of nitrogens with zero attached hydrogens (tertiary/aromatic N) is 2. The van der Waals surface area contributed by atoms with E-state index in [0.717, 1.165) is 71.0 Å². The fraction of sp³-hybridized carbons (Fsp3) is 0.516. The lowest BCUT2D eigenvalue weighted by Crippen LogP contribution is -2.56. The highest BCUT2D eigenvalue weighted by Crippen LogP contribution is 2.50. The Balaban J connectivity index is 1.36. The lowest BCUT2D eigenvalue weighted by atomic mass is 9.57. The number of hydrogen-bond acceptors (Lipinski definition) is 3. The SMILES string of the molecule is C=CCN1CC[C@@]2(c3cccc(O)c3)C[C@H](N(C)C(=O)CCCCCc3ccccc3)CC[C@@H]2C1. The van der Waals surface area contributed by atoms with E-state index in [4.69, 9.17) is 0 Å². The predicted octanol–water partition coefficient (Wildman–Crippen LogP) is 5.95. The monoisotopic (exact) mass is 474 g/mol. The number of rotatable bonds is 10. The smallest absolute Gasteiger partial charge is 0.222 e. The van der Waals surface area contributed by atoms with Gasteiger partial charge in [-0.05, 0) is 80.7 Å². The van der Waals surface area contributed by atoms with Gasteiger partial charge in [-0.15, -0.1) is 6.58 Å². The van der Waals surface area contributed by atoms with Gasteiger partial charge < -0.3 is 10.0 Å². The van der Waals surface area contributed by atoms with Gasteiger partial charge in [-0.1, -0.05) is 55.0 Å². The van der Waals surface area contributed by atoms with Crippen molar-refractivity contribution < 1.29 is 9.90 Å². The number of aromatic hydroxyl groups is 1. The van der Waals surface area contributed by atoms with E-state index in [2.05, 4.69) is 47.9 Å². The number of carbonyl (C=O) groups excluding carboxylic acids is 1. The molecule has 0 aromatic heterocycles. The fourth-order valence-electron chi connectivity index (χ4n) is 6.49. The highest BCUT2D eigenvalue weighted by atomic mass is 16.3. The fourth-order valence-corrected chi connectivity index (χ4v) is 6.49. The summed E-state index contributed by atoms with van der Waals surface area (Å²) in [6.07, 6.45) is 11.1. The molecule has 0 bridgehead atoms. The van der Waals surface area contributed by atoms with Crippen LogP contribution >= 0.6 is 0 Å². The summed E-state index contributed by atoms with van der Waals surface area (Å²) < 4.78 is 0. The first kappa shape index (κ1) is 25.5. The summed E-state index contributed by atoms with van der Waals surface area (Å²) in [6.45, 7) is 6.96. The van der Waals surface area contributed by atoms with Gasteiger partial charge in [0.2, 0.25) is 5.91 Å².